The highest BCUT2D eigenvalue weighted by molar-refractivity contribution is 8.00. The van der Waals surface area contributed by atoms with Crippen molar-refractivity contribution < 1.29 is 24.6 Å². The number of amides is 2. The Bertz CT molecular complexity index is 1240. The van der Waals surface area contributed by atoms with Crippen molar-refractivity contribution in [3.63, 3.8) is 0 Å². The SMILES string of the molecule is O=C(O)CCCN1C(=O)[C@@H]2[C@H]3C[C@@H]([C@H]4Sc5[nH]c(=O)sc5[C@@H](c5ccccc5O)[C@@H]34)[C@H]2C1=O. The number of para-hydroxylation sites is 1. The minimum absolute atomic E-state index is 0.0147. The molecule has 2 bridgehead atoms. The van der Waals surface area contributed by atoms with Crippen molar-refractivity contribution in [1.82, 2.24) is 9.88 Å². The van der Waals surface area contributed by atoms with Gasteiger partial charge in [-0.3, -0.25) is 24.1 Å². The third-order valence-electron chi connectivity index (χ3n) is 7.86. The van der Waals surface area contributed by atoms with E-state index in [1.165, 1.54) is 4.90 Å². The van der Waals surface area contributed by atoms with E-state index < -0.39 is 11.9 Å². The lowest BCUT2D eigenvalue weighted by molar-refractivity contribution is -0.142. The average molecular weight is 487 g/mol. The number of likely N-dealkylation sites (tertiary alicyclic amines) is 1. The minimum Gasteiger partial charge on any atom is -0.508 e. The number of fused-ring (bicyclic) bond motifs is 9. The van der Waals surface area contributed by atoms with Crippen LogP contribution in [0.1, 0.15) is 35.6 Å². The van der Waals surface area contributed by atoms with Gasteiger partial charge in [-0.1, -0.05) is 29.5 Å². The number of aliphatic carboxylic acids is 1. The molecule has 3 fully saturated rings. The van der Waals surface area contributed by atoms with Crippen LogP contribution in [0.25, 0.3) is 0 Å². The van der Waals surface area contributed by atoms with Crippen LogP contribution in [0.15, 0.2) is 34.1 Å². The zero-order valence-corrected chi connectivity index (χ0v) is 19.1. The van der Waals surface area contributed by atoms with Gasteiger partial charge in [-0.05, 0) is 36.7 Å². The van der Waals surface area contributed by atoms with Crippen molar-refractivity contribution >= 4 is 40.9 Å². The number of phenolic OH excluding ortho intramolecular Hbond substituents is 1. The standard InChI is InChI=1S/C23H22N2O6S2/c26-12-5-2-1-4-9(12)14-15-10-8-11(18(15)32-20-19(14)33-23(31)24-20)17-16(10)21(29)25(22(17)30)7-3-6-13(27)28/h1-2,4-5,10-11,14-18,26H,3,6-8H2,(H,24,31)(H,27,28)/t10-,11+,14-,15+,16+,17+,18+/m0/s1. The smallest absolute Gasteiger partial charge is 0.305 e. The maximum atomic E-state index is 13.3. The molecule has 7 atom stereocenters. The number of carbonyl (C=O) groups excluding carboxylic acids is 2. The molecule has 8 nitrogen and oxygen atoms in total. The molecule has 4 aliphatic rings. The molecule has 2 aliphatic heterocycles. The van der Waals surface area contributed by atoms with Gasteiger partial charge in [0.1, 0.15) is 5.75 Å². The molecule has 0 unspecified atom stereocenters. The van der Waals surface area contributed by atoms with Crippen molar-refractivity contribution in [3.05, 3.63) is 44.4 Å². The number of carboxylic acids is 1. The second-order valence-corrected chi connectivity index (χ2v) is 11.5. The van der Waals surface area contributed by atoms with Gasteiger partial charge >= 0.3 is 10.8 Å². The molecule has 33 heavy (non-hydrogen) atoms. The molecular weight excluding hydrogens is 464 g/mol. The monoisotopic (exact) mass is 486 g/mol. The van der Waals surface area contributed by atoms with Crippen molar-refractivity contribution in [2.75, 3.05) is 6.54 Å². The predicted molar refractivity (Wildman–Crippen MR) is 120 cm³/mol. The number of carbonyl (C=O) groups is 3. The number of thioether (sulfide) groups is 1. The van der Waals surface area contributed by atoms with Crippen LogP contribution in [0.2, 0.25) is 0 Å². The number of aromatic nitrogens is 1. The number of H-pyrrole nitrogens is 1. The first-order valence-electron chi connectivity index (χ1n) is 11.1. The van der Waals surface area contributed by atoms with E-state index in [0.717, 1.165) is 33.2 Å². The first-order valence-corrected chi connectivity index (χ1v) is 12.8. The van der Waals surface area contributed by atoms with Gasteiger partial charge in [0, 0.05) is 34.6 Å². The summed E-state index contributed by atoms with van der Waals surface area (Å²) >= 11 is 2.76. The van der Waals surface area contributed by atoms with Crippen LogP contribution >= 0.6 is 23.1 Å². The number of aromatic hydroxyl groups is 1. The van der Waals surface area contributed by atoms with Gasteiger partial charge in [0.15, 0.2) is 0 Å². The number of thiazole rings is 1. The number of carboxylic acid groups (broad SMARTS) is 1. The first-order chi connectivity index (χ1) is 15.9. The summed E-state index contributed by atoms with van der Waals surface area (Å²) in [5.74, 6) is -2.10. The van der Waals surface area contributed by atoms with Gasteiger partial charge in [-0.25, -0.2) is 0 Å². The summed E-state index contributed by atoms with van der Waals surface area (Å²) in [5.41, 5.74) is 0.753. The molecule has 6 rings (SSSR count). The zero-order valence-electron chi connectivity index (χ0n) is 17.5. The molecule has 1 saturated heterocycles. The van der Waals surface area contributed by atoms with E-state index in [1.807, 2.05) is 12.1 Å². The highest BCUT2D eigenvalue weighted by Gasteiger charge is 2.69. The summed E-state index contributed by atoms with van der Waals surface area (Å²) < 4.78 is 0. The van der Waals surface area contributed by atoms with Gasteiger partial charge in [-0.2, -0.15) is 0 Å². The Kier molecular flexibility index (Phi) is 4.74. The van der Waals surface area contributed by atoms with Crippen LogP contribution in [-0.2, 0) is 14.4 Å². The highest BCUT2D eigenvalue weighted by atomic mass is 32.2. The van der Waals surface area contributed by atoms with Gasteiger partial charge in [0.2, 0.25) is 11.8 Å². The van der Waals surface area contributed by atoms with E-state index in [9.17, 15) is 24.3 Å². The van der Waals surface area contributed by atoms with E-state index in [1.54, 1.807) is 23.9 Å². The highest BCUT2D eigenvalue weighted by Crippen LogP contribution is 2.68. The molecule has 2 aliphatic carbocycles. The van der Waals surface area contributed by atoms with Crippen molar-refractivity contribution in [3.8, 4) is 5.75 Å². The predicted octanol–water partition coefficient (Wildman–Crippen LogP) is 2.48. The number of nitrogens with zero attached hydrogens (tertiary/aromatic N) is 1. The van der Waals surface area contributed by atoms with Gasteiger partial charge in [0.05, 0.1) is 16.9 Å². The van der Waals surface area contributed by atoms with E-state index >= 15 is 0 Å². The number of hydrogen-bond acceptors (Lipinski definition) is 7. The second-order valence-electron chi connectivity index (χ2n) is 9.34. The molecule has 3 heterocycles. The van der Waals surface area contributed by atoms with E-state index in [4.69, 9.17) is 5.11 Å². The zero-order chi connectivity index (χ0) is 23.0. The van der Waals surface area contributed by atoms with Crippen LogP contribution in [0.4, 0.5) is 0 Å². The largest absolute Gasteiger partial charge is 0.508 e. The molecular formula is C23H22N2O6S2. The van der Waals surface area contributed by atoms with Crippen molar-refractivity contribution in [2.45, 2.75) is 35.5 Å². The average Bonchev–Trinajstić information content (AvgIpc) is 3.49. The third-order valence-corrected chi connectivity index (χ3v) is 10.4. The van der Waals surface area contributed by atoms with Gasteiger partial charge < -0.3 is 15.2 Å². The normalized spacial score (nSPS) is 33.8. The number of hydrogen-bond donors (Lipinski definition) is 3. The summed E-state index contributed by atoms with van der Waals surface area (Å²) in [6.45, 7) is 0.141. The van der Waals surface area contributed by atoms with Crippen LogP contribution < -0.4 is 4.87 Å². The molecule has 2 aromatic rings. The summed E-state index contributed by atoms with van der Waals surface area (Å²) in [5, 5.41) is 20.5. The van der Waals surface area contributed by atoms with Gasteiger partial charge in [-0.15, -0.1) is 11.8 Å². The van der Waals surface area contributed by atoms with Crippen LogP contribution in [-0.4, -0.2) is 49.7 Å². The fourth-order valence-corrected chi connectivity index (χ4v) is 9.67. The Morgan fingerprint density at radius 1 is 1.12 bits per heavy atom. The maximum Gasteiger partial charge on any atom is 0.305 e. The van der Waals surface area contributed by atoms with Crippen LogP contribution in [0, 0.1) is 29.6 Å². The van der Waals surface area contributed by atoms with E-state index in [-0.39, 0.29) is 76.7 Å². The summed E-state index contributed by atoms with van der Waals surface area (Å²) in [6.07, 6.45) is 0.951. The Labute approximate surface area is 197 Å². The van der Waals surface area contributed by atoms with Crippen molar-refractivity contribution in [1.29, 1.82) is 0 Å². The Morgan fingerprint density at radius 3 is 2.58 bits per heavy atom. The van der Waals surface area contributed by atoms with Crippen LogP contribution in [0.5, 0.6) is 5.75 Å². The lowest BCUT2D eigenvalue weighted by Gasteiger charge is -2.43. The topological polar surface area (TPSA) is 128 Å². The summed E-state index contributed by atoms with van der Waals surface area (Å²) in [7, 11) is 0. The molecule has 0 radical (unpaired) electrons. The number of phenols is 1. The quantitative estimate of drug-likeness (QED) is 0.554. The summed E-state index contributed by atoms with van der Waals surface area (Å²) in [6, 6.07) is 7.15. The van der Waals surface area contributed by atoms with E-state index in [0.29, 0.717) is 0 Å². The molecule has 172 valence electrons. The Morgan fingerprint density at radius 2 is 1.85 bits per heavy atom. The molecule has 2 amide bonds. The molecule has 0 spiro atoms. The Balaban J connectivity index is 1.39. The number of benzene rings is 1. The van der Waals surface area contributed by atoms with Crippen LogP contribution in [0.3, 0.4) is 0 Å². The van der Waals surface area contributed by atoms with E-state index in [2.05, 4.69) is 4.98 Å². The second kappa shape index (κ2) is 7.46. The maximum absolute atomic E-state index is 13.3. The molecule has 1 aromatic heterocycles. The lowest BCUT2D eigenvalue weighted by atomic mass is 9.68. The minimum atomic E-state index is -0.942. The lowest BCUT2D eigenvalue weighted by Crippen LogP contribution is -2.42. The Hall–Kier alpha value is -2.59. The fourth-order valence-electron chi connectivity index (χ4n) is 6.79. The molecule has 10 heteroatoms. The molecule has 2 saturated carbocycles. The fraction of sp³-hybridized carbons (Fsp3) is 0.478. The summed E-state index contributed by atoms with van der Waals surface area (Å²) in [4.78, 5) is 54.7. The molecule has 1 aromatic carbocycles. The molecule has 3 N–H and O–H groups in total. The van der Waals surface area contributed by atoms with Gasteiger partial charge in [0.25, 0.3) is 0 Å². The number of imide groups is 1. The number of rotatable bonds is 5. The number of aromatic amines is 1. The van der Waals surface area contributed by atoms with Crippen molar-refractivity contribution in [2.24, 2.45) is 29.6 Å². The first kappa shape index (κ1) is 21.0. The third kappa shape index (κ3) is 2.96. The number of nitrogens with one attached hydrogen (secondary N) is 1.